The second-order valence-corrected chi connectivity index (χ2v) is 10.7. The highest BCUT2D eigenvalue weighted by molar-refractivity contribution is 9.10. The van der Waals surface area contributed by atoms with E-state index < -0.39 is 5.82 Å². The molecule has 0 saturated heterocycles. The van der Waals surface area contributed by atoms with Crippen LogP contribution in [0.25, 0.3) is 21.8 Å². The quantitative estimate of drug-likeness (QED) is 0.137. The van der Waals surface area contributed by atoms with E-state index in [1.54, 1.807) is 30.3 Å². The van der Waals surface area contributed by atoms with Crippen LogP contribution < -0.4 is 20.1 Å². The lowest BCUT2D eigenvalue weighted by atomic mass is 10.2. The van der Waals surface area contributed by atoms with E-state index in [1.165, 1.54) is 39.0 Å². The normalized spacial score (nSPS) is 10.7. The van der Waals surface area contributed by atoms with E-state index in [0.717, 1.165) is 16.6 Å². The maximum absolute atomic E-state index is 13.9. The van der Waals surface area contributed by atoms with Crippen LogP contribution in [-0.4, -0.2) is 44.4 Å². The number of ether oxygens (including phenoxy) is 2. The summed E-state index contributed by atoms with van der Waals surface area (Å²) < 4.78 is 24.8. The molecule has 0 saturated carbocycles. The van der Waals surface area contributed by atoms with Crippen molar-refractivity contribution >= 4 is 72.3 Å². The standard InChI is InChI=1S/C16H14ClN3O2.C15H11BrFN3O2/c1-9-3-4-10(5-12(9)17)20-16-11-6-15(22-2)14(21)7-13(11)18-8-19-16;1-22-14-5-9-12(6-13(14)21)18-7-19-15(9)20-11-3-2-8(16)4-10(11)17/h3-8,21H,1-2H3,(H,18,19,20);2-7,21H,1H3,(H,18,19,20). The number of phenols is 2. The van der Waals surface area contributed by atoms with Gasteiger partial charge in [-0.05, 0) is 55.0 Å². The molecule has 4 N–H and O–H groups in total. The fourth-order valence-electron chi connectivity index (χ4n) is 4.20. The van der Waals surface area contributed by atoms with Gasteiger partial charge in [-0.25, -0.2) is 24.3 Å². The molecule has 0 aliphatic carbocycles. The van der Waals surface area contributed by atoms with E-state index >= 15 is 0 Å². The third kappa shape index (κ3) is 6.66. The molecule has 0 fully saturated rings. The molecule has 0 atom stereocenters. The number of rotatable bonds is 6. The van der Waals surface area contributed by atoms with Crippen molar-refractivity contribution in [3.8, 4) is 23.0 Å². The molecule has 0 spiro atoms. The van der Waals surface area contributed by atoms with Crippen molar-refractivity contribution < 1.29 is 24.1 Å². The Hall–Kier alpha value is -4.94. The number of methoxy groups -OCH3 is 2. The van der Waals surface area contributed by atoms with Gasteiger partial charge in [-0.15, -0.1) is 0 Å². The van der Waals surface area contributed by atoms with Crippen LogP contribution in [0, 0.1) is 12.7 Å². The van der Waals surface area contributed by atoms with E-state index in [4.69, 9.17) is 21.1 Å². The van der Waals surface area contributed by atoms with Crippen LogP contribution in [0.2, 0.25) is 5.02 Å². The van der Waals surface area contributed by atoms with Gasteiger partial charge in [0.25, 0.3) is 0 Å². The summed E-state index contributed by atoms with van der Waals surface area (Å²) in [5.74, 6) is 1.31. The van der Waals surface area contributed by atoms with E-state index in [-0.39, 0.29) is 17.2 Å². The third-order valence-corrected chi connectivity index (χ3v) is 7.39. The molecule has 0 aliphatic rings. The van der Waals surface area contributed by atoms with Crippen molar-refractivity contribution in [1.82, 2.24) is 19.9 Å². The summed E-state index contributed by atoms with van der Waals surface area (Å²) in [5, 5.41) is 27.8. The molecule has 0 unspecified atom stereocenters. The fourth-order valence-corrected chi connectivity index (χ4v) is 4.71. The maximum atomic E-state index is 13.9. The molecule has 2 heterocycles. The molecule has 13 heteroatoms. The Kier molecular flexibility index (Phi) is 9.12. The van der Waals surface area contributed by atoms with Crippen LogP contribution >= 0.6 is 27.5 Å². The lowest BCUT2D eigenvalue weighted by molar-refractivity contribution is 0.374. The van der Waals surface area contributed by atoms with E-state index in [0.29, 0.717) is 49.0 Å². The Morgan fingerprint density at radius 1 is 0.750 bits per heavy atom. The van der Waals surface area contributed by atoms with Crippen molar-refractivity contribution in [2.75, 3.05) is 24.9 Å². The average molecular weight is 680 g/mol. The number of aromatic nitrogens is 4. The van der Waals surface area contributed by atoms with Gasteiger partial charge in [0.1, 0.15) is 30.1 Å². The molecule has 4 aromatic carbocycles. The van der Waals surface area contributed by atoms with Crippen molar-refractivity contribution in [3.63, 3.8) is 0 Å². The van der Waals surface area contributed by atoms with Crippen molar-refractivity contribution in [2.45, 2.75) is 6.92 Å². The molecule has 10 nitrogen and oxygen atoms in total. The number of aryl methyl sites for hydroxylation is 1. The van der Waals surface area contributed by atoms with E-state index in [2.05, 4.69) is 46.5 Å². The largest absolute Gasteiger partial charge is 0.504 e. The van der Waals surface area contributed by atoms with Gasteiger partial charge in [0, 0.05) is 38.1 Å². The zero-order chi connectivity index (χ0) is 31.4. The summed E-state index contributed by atoms with van der Waals surface area (Å²) >= 11 is 9.35. The molecular weight excluding hydrogens is 655 g/mol. The lowest BCUT2D eigenvalue weighted by Gasteiger charge is -2.11. The number of fused-ring (bicyclic) bond motifs is 2. The molecule has 44 heavy (non-hydrogen) atoms. The summed E-state index contributed by atoms with van der Waals surface area (Å²) in [7, 11) is 2.95. The predicted octanol–water partition coefficient (Wildman–Crippen LogP) is 8.04. The summed E-state index contributed by atoms with van der Waals surface area (Å²) in [6.45, 7) is 1.94. The number of halogens is 3. The van der Waals surface area contributed by atoms with Gasteiger partial charge >= 0.3 is 0 Å². The van der Waals surface area contributed by atoms with Crippen LogP contribution in [0.4, 0.5) is 27.4 Å². The van der Waals surface area contributed by atoms with Crippen molar-refractivity contribution in [2.24, 2.45) is 0 Å². The number of phenolic OH excluding ortho intramolecular Hbond substituents is 2. The van der Waals surface area contributed by atoms with Crippen LogP contribution in [0.5, 0.6) is 23.0 Å². The first-order chi connectivity index (χ1) is 21.2. The predicted molar refractivity (Wildman–Crippen MR) is 172 cm³/mol. The third-order valence-electron chi connectivity index (χ3n) is 6.49. The summed E-state index contributed by atoms with van der Waals surface area (Å²) in [5.41, 5.74) is 3.26. The Balaban J connectivity index is 0.000000175. The number of anilines is 4. The average Bonchev–Trinajstić information content (AvgIpc) is 3.00. The zero-order valence-corrected chi connectivity index (χ0v) is 25.9. The minimum atomic E-state index is -0.410. The zero-order valence-electron chi connectivity index (χ0n) is 23.6. The highest BCUT2D eigenvalue weighted by atomic mass is 79.9. The van der Waals surface area contributed by atoms with Gasteiger partial charge in [0.15, 0.2) is 23.0 Å². The van der Waals surface area contributed by atoms with Crippen molar-refractivity contribution in [1.29, 1.82) is 0 Å². The lowest BCUT2D eigenvalue weighted by Crippen LogP contribution is -1.98. The molecule has 6 aromatic rings. The van der Waals surface area contributed by atoms with Crippen LogP contribution in [0.1, 0.15) is 5.56 Å². The number of hydrogen-bond donors (Lipinski definition) is 4. The minimum Gasteiger partial charge on any atom is -0.504 e. The molecule has 224 valence electrons. The molecule has 0 bridgehead atoms. The van der Waals surface area contributed by atoms with Crippen LogP contribution in [0.15, 0.2) is 77.8 Å². The first kappa shape index (κ1) is 30.5. The molecule has 0 amide bonds. The molecular formula is C31H25BrClFN6O4. The van der Waals surface area contributed by atoms with Gasteiger partial charge in [0.05, 0.1) is 30.9 Å². The Morgan fingerprint density at radius 2 is 1.32 bits per heavy atom. The maximum Gasteiger partial charge on any atom is 0.161 e. The molecule has 2 aromatic heterocycles. The number of nitrogens with zero attached hydrogens (tertiary/aromatic N) is 4. The molecule has 6 rings (SSSR count). The Labute approximate surface area is 264 Å². The SMILES string of the molecule is COc1cc2c(Nc3ccc(Br)cc3F)ncnc2cc1O.COc1cc2c(Nc3ccc(C)c(Cl)c3)ncnc2cc1O. The number of aromatic hydroxyl groups is 2. The number of benzene rings is 4. The number of nitrogens with one attached hydrogen (secondary N) is 2. The van der Waals surface area contributed by atoms with E-state index in [9.17, 15) is 14.6 Å². The second-order valence-electron chi connectivity index (χ2n) is 9.37. The van der Waals surface area contributed by atoms with Gasteiger partial charge in [0.2, 0.25) is 0 Å². The molecule has 0 aliphatic heterocycles. The van der Waals surface area contributed by atoms with Crippen LogP contribution in [0.3, 0.4) is 0 Å². The summed E-state index contributed by atoms with van der Waals surface area (Å²) in [6, 6.07) is 16.7. The number of hydrogen-bond acceptors (Lipinski definition) is 10. The van der Waals surface area contributed by atoms with Gasteiger partial charge in [-0.3, -0.25) is 0 Å². The van der Waals surface area contributed by atoms with Gasteiger partial charge in [-0.1, -0.05) is 33.6 Å². The highest BCUT2D eigenvalue weighted by Gasteiger charge is 2.12. The molecule has 0 radical (unpaired) electrons. The summed E-state index contributed by atoms with van der Waals surface area (Å²) in [4.78, 5) is 16.6. The van der Waals surface area contributed by atoms with E-state index in [1.807, 2.05) is 25.1 Å². The minimum absolute atomic E-state index is 0.0190. The highest BCUT2D eigenvalue weighted by Crippen LogP contribution is 2.35. The summed E-state index contributed by atoms with van der Waals surface area (Å²) in [6.07, 6.45) is 2.78. The first-order valence-electron chi connectivity index (χ1n) is 13.0. The van der Waals surface area contributed by atoms with Gasteiger partial charge in [-0.2, -0.15) is 0 Å². The Morgan fingerprint density at radius 3 is 1.84 bits per heavy atom. The van der Waals surface area contributed by atoms with Gasteiger partial charge < -0.3 is 30.3 Å². The topological polar surface area (TPSA) is 135 Å². The second kappa shape index (κ2) is 13.1. The van der Waals surface area contributed by atoms with Crippen LogP contribution in [-0.2, 0) is 0 Å². The fraction of sp³-hybridized carbons (Fsp3) is 0.0968. The smallest absolute Gasteiger partial charge is 0.161 e. The Bertz CT molecular complexity index is 2000. The monoisotopic (exact) mass is 678 g/mol. The van der Waals surface area contributed by atoms with Crippen molar-refractivity contribution in [3.05, 3.63) is 94.2 Å². The first-order valence-corrected chi connectivity index (χ1v) is 14.1.